The highest BCUT2D eigenvalue weighted by Gasteiger charge is 2.38. The van der Waals surface area contributed by atoms with E-state index >= 15 is 0 Å². The van der Waals surface area contributed by atoms with E-state index in [4.69, 9.17) is 38.4 Å². The van der Waals surface area contributed by atoms with Crippen molar-refractivity contribution in [2.24, 2.45) is 5.73 Å². The van der Waals surface area contributed by atoms with Gasteiger partial charge in [-0.2, -0.15) is 0 Å². The summed E-state index contributed by atoms with van der Waals surface area (Å²) in [6.45, 7) is 1.77. The molecule has 1 aromatic rings. The van der Waals surface area contributed by atoms with Crippen molar-refractivity contribution < 1.29 is 14.3 Å². The number of benzene rings is 1. The number of amides is 1. The van der Waals surface area contributed by atoms with Crippen LogP contribution in [0.2, 0.25) is 10.0 Å². The fraction of sp³-hybridized carbons (Fsp3) is 0.364. The molecule has 0 aliphatic rings. The van der Waals surface area contributed by atoms with Gasteiger partial charge in [-0.1, -0.05) is 36.2 Å². The van der Waals surface area contributed by atoms with Crippen molar-refractivity contribution in [3.8, 4) is 0 Å². The number of hydrogen-bond acceptors (Lipinski definition) is 3. The van der Waals surface area contributed by atoms with Gasteiger partial charge in [-0.05, 0) is 12.1 Å². The number of methoxy groups -OCH3 is 1. The van der Waals surface area contributed by atoms with Gasteiger partial charge in [0, 0.05) is 13.5 Å². The summed E-state index contributed by atoms with van der Waals surface area (Å²) in [4.78, 5) is 11.0. The molecule has 1 amide bonds. The molecule has 0 aliphatic carbocycles. The van der Waals surface area contributed by atoms with Gasteiger partial charge in [0.1, 0.15) is 0 Å². The van der Waals surface area contributed by atoms with Gasteiger partial charge in [0.15, 0.2) is 0 Å². The van der Waals surface area contributed by atoms with Crippen LogP contribution in [0.1, 0.15) is 18.9 Å². The second kappa shape index (κ2) is 5.58. The highest BCUT2D eigenvalue weighted by atomic mass is 35.5. The van der Waals surface area contributed by atoms with E-state index in [1.165, 1.54) is 7.11 Å². The lowest BCUT2D eigenvalue weighted by Gasteiger charge is -2.31. The molecule has 17 heavy (non-hydrogen) atoms. The number of hydrogen-bond donors (Lipinski definition) is 1. The summed E-state index contributed by atoms with van der Waals surface area (Å²) in [5, 5.41) is 0.699. The molecule has 1 aromatic carbocycles. The van der Waals surface area contributed by atoms with E-state index in [0.717, 1.165) is 0 Å². The summed E-state index contributed by atoms with van der Waals surface area (Å²) in [7, 11) is 1.39. The van der Waals surface area contributed by atoms with Crippen LogP contribution in [0.3, 0.4) is 0 Å². The molecule has 0 aliphatic heterocycles. The van der Waals surface area contributed by atoms with E-state index in [1.807, 2.05) is 0 Å². The van der Waals surface area contributed by atoms with Crippen molar-refractivity contribution in [2.45, 2.75) is 19.1 Å². The van der Waals surface area contributed by atoms with Crippen molar-refractivity contribution in [3.05, 3.63) is 33.8 Å². The molecule has 0 unspecified atom stereocenters. The molecule has 1 rings (SSSR count). The van der Waals surface area contributed by atoms with Crippen LogP contribution in [0.5, 0.6) is 0 Å². The maximum Gasteiger partial charge on any atom is 0.407 e. The van der Waals surface area contributed by atoms with Crippen molar-refractivity contribution >= 4 is 29.3 Å². The van der Waals surface area contributed by atoms with Gasteiger partial charge in [-0.15, -0.1) is 0 Å². The van der Waals surface area contributed by atoms with Crippen LogP contribution in [0, 0.1) is 0 Å². The van der Waals surface area contributed by atoms with Crippen molar-refractivity contribution in [2.75, 3.05) is 7.11 Å². The minimum Gasteiger partial charge on any atom is -0.412 e. The predicted octanol–water partition coefficient (Wildman–Crippen LogP) is 3.30. The van der Waals surface area contributed by atoms with Crippen LogP contribution in [0.4, 0.5) is 4.79 Å². The summed E-state index contributed by atoms with van der Waals surface area (Å²) in [5.74, 6) is -1.36. The number of primary amides is 1. The Morgan fingerprint density at radius 3 is 2.29 bits per heavy atom. The normalized spacial score (nSPS) is 14.1. The minimum absolute atomic E-state index is 0.329. The van der Waals surface area contributed by atoms with Gasteiger partial charge in [-0.25, -0.2) is 4.79 Å². The number of halogens is 2. The number of nitrogens with two attached hydrogens (primary N) is 1. The van der Waals surface area contributed by atoms with Gasteiger partial charge in [-0.3, -0.25) is 0 Å². The maximum atomic E-state index is 11.0. The van der Waals surface area contributed by atoms with Gasteiger partial charge in [0.25, 0.3) is 0 Å². The summed E-state index contributed by atoms with van der Waals surface area (Å²) < 4.78 is 10.3. The Morgan fingerprint density at radius 2 is 1.94 bits per heavy atom. The smallest absolute Gasteiger partial charge is 0.407 e. The number of ether oxygens (including phenoxy) is 2. The third-order valence-electron chi connectivity index (χ3n) is 2.40. The van der Waals surface area contributed by atoms with E-state index in [2.05, 4.69) is 0 Å². The summed E-state index contributed by atoms with van der Waals surface area (Å²) in [5.41, 5.74) is 5.44. The highest BCUT2D eigenvalue weighted by molar-refractivity contribution is 6.36. The second-order valence-corrected chi connectivity index (χ2v) is 4.14. The standard InChI is InChI=1S/C11H13Cl2NO3/c1-3-11(16-2,17-10(14)15)9-7(12)5-4-6-8(9)13/h4-6H,3H2,1-2H3,(H2,14,15)/t11-/m1/s1. The predicted molar refractivity (Wildman–Crippen MR) is 66.1 cm³/mol. The fourth-order valence-electron chi connectivity index (χ4n) is 1.61. The molecule has 0 heterocycles. The van der Waals surface area contributed by atoms with Crippen LogP contribution in [0.15, 0.2) is 18.2 Å². The number of carbonyl (C=O) groups is 1. The van der Waals surface area contributed by atoms with E-state index in [-0.39, 0.29) is 0 Å². The first-order valence-corrected chi connectivity index (χ1v) is 5.70. The van der Waals surface area contributed by atoms with Crippen molar-refractivity contribution in [3.63, 3.8) is 0 Å². The first-order valence-electron chi connectivity index (χ1n) is 4.95. The Balaban J connectivity index is 3.36. The maximum absolute atomic E-state index is 11.0. The fourth-order valence-corrected chi connectivity index (χ4v) is 2.30. The Hall–Kier alpha value is -0.970. The third-order valence-corrected chi connectivity index (χ3v) is 3.03. The minimum atomic E-state index is -1.36. The topological polar surface area (TPSA) is 61.6 Å². The molecule has 0 spiro atoms. The SMILES string of the molecule is CC[C@@](OC)(OC(N)=O)c1c(Cl)cccc1Cl. The molecule has 2 N–H and O–H groups in total. The molecule has 0 aromatic heterocycles. The van der Waals surface area contributed by atoms with Gasteiger partial charge >= 0.3 is 6.09 Å². The van der Waals surface area contributed by atoms with E-state index in [0.29, 0.717) is 22.0 Å². The average Bonchev–Trinajstić information content (AvgIpc) is 2.26. The molecular weight excluding hydrogens is 265 g/mol. The van der Waals surface area contributed by atoms with Gasteiger partial charge in [0.05, 0.1) is 15.6 Å². The third kappa shape index (κ3) is 2.83. The Kier molecular flexibility index (Phi) is 4.62. The molecule has 0 saturated carbocycles. The molecule has 0 bridgehead atoms. The monoisotopic (exact) mass is 277 g/mol. The lowest BCUT2D eigenvalue weighted by Crippen LogP contribution is -2.36. The Morgan fingerprint density at radius 1 is 1.41 bits per heavy atom. The summed E-state index contributed by atoms with van der Waals surface area (Å²) >= 11 is 12.1. The quantitative estimate of drug-likeness (QED) is 0.859. The molecule has 0 saturated heterocycles. The molecule has 0 radical (unpaired) electrons. The van der Waals surface area contributed by atoms with Crippen LogP contribution in [-0.2, 0) is 15.3 Å². The molecule has 4 nitrogen and oxygen atoms in total. The summed E-state index contributed by atoms with van der Waals surface area (Å²) in [6.07, 6.45) is -0.625. The zero-order valence-corrected chi connectivity index (χ0v) is 11.0. The summed E-state index contributed by atoms with van der Waals surface area (Å²) in [6, 6.07) is 4.96. The molecular formula is C11H13Cl2NO3. The molecule has 6 heteroatoms. The van der Waals surface area contributed by atoms with Crippen LogP contribution >= 0.6 is 23.2 Å². The van der Waals surface area contributed by atoms with Crippen LogP contribution < -0.4 is 5.73 Å². The zero-order chi connectivity index (χ0) is 13.1. The first-order chi connectivity index (χ1) is 7.96. The Bertz CT molecular complexity index is 399. The average molecular weight is 278 g/mol. The lowest BCUT2D eigenvalue weighted by molar-refractivity contribution is -0.193. The number of rotatable bonds is 4. The van der Waals surface area contributed by atoms with Crippen LogP contribution in [0.25, 0.3) is 0 Å². The molecule has 94 valence electrons. The second-order valence-electron chi connectivity index (χ2n) is 3.33. The first kappa shape index (κ1) is 14.1. The number of carbonyl (C=O) groups excluding carboxylic acids is 1. The molecule has 0 fully saturated rings. The van der Waals surface area contributed by atoms with Crippen LogP contribution in [-0.4, -0.2) is 13.2 Å². The van der Waals surface area contributed by atoms with E-state index in [9.17, 15) is 4.79 Å². The van der Waals surface area contributed by atoms with E-state index in [1.54, 1.807) is 25.1 Å². The van der Waals surface area contributed by atoms with Crippen molar-refractivity contribution in [1.29, 1.82) is 0 Å². The van der Waals surface area contributed by atoms with Gasteiger partial charge in [0.2, 0.25) is 5.79 Å². The largest absolute Gasteiger partial charge is 0.412 e. The van der Waals surface area contributed by atoms with E-state index < -0.39 is 11.9 Å². The Labute approximate surface area is 110 Å². The lowest BCUT2D eigenvalue weighted by atomic mass is 10.0. The highest BCUT2D eigenvalue weighted by Crippen LogP contribution is 2.39. The van der Waals surface area contributed by atoms with Crippen molar-refractivity contribution in [1.82, 2.24) is 0 Å². The van der Waals surface area contributed by atoms with Gasteiger partial charge < -0.3 is 15.2 Å². The zero-order valence-electron chi connectivity index (χ0n) is 9.50. The molecule has 1 atom stereocenters.